The summed E-state index contributed by atoms with van der Waals surface area (Å²) in [5.41, 5.74) is 0. The van der Waals surface area contributed by atoms with Crippen LogP contribution in [0.1, 0.15) is 33.1 Å². The molecule has 0 saturated carbocycles. The van der Waals surface area contributed by atoms with E-state index in [1.807, 2.05) is 0 Å². The molecule has 0 aliphatic carbocycles. The van der Waals surface area contributed by atoms with E-state index in [9.17, 15) is 0 Å². The van der Waals surface area contributed by atoms with Crippen LogP contribution in [0.2, 0.25) is 0 Å². The average molecular weight is 169 g/mol. The molecule has 2 heterocycles. The summed E-state index contributed by atoms with van der Waals surface area (Å²) in [6, 6.07) is 1.59. The van der Waals surface area contributed by atoms with Gasteiger partial charge in [-0.15, -0.1) is 0 Å². The molecule has 2 aliphatic heterocycles. The Morgan fingerprint density at radius 1 is 1.33 bits per heavy atom. The van der Waals surface area contributed by atoms with E-state index in [2.05, 4.69) is 18.7 Å². The number of ether oxygens (including phenoxy) is 1. The second kappa shape index (κ2) is 3.35. The SMILES string of the molecule is CC1CC(C)N1CC1CCCO1. The van der Waals surface area contributed by atoms with E-state index in [1.165, 1.54) is 25.8 Å². The first-order valence-corrected chi connectivity index (χ1v) is 5.14. The Morgan fingerprint density at radius 2 is 2.08 bits per heavy atom. The van der Waals surface area contributed by atoms with Gasteiger partial charge in [0.1, 0.15) is 0 Å². The molecule has 70 valence electrons. The van der Waals surface area contributed by atoms with Gasteiger partial charge >= 0.3 is 0 Å². The number of likely N-dealkylation sites (tertiary alicyclic amines) is 1. The molecule has 3 unspecified atom stereocenters. The Balaban J connectivity index is 1.77. The van der Waals surface area contributed by atoms with Crippen molar-refractivity contribution in [2.75, 3.05) is 13.2 Å². The first-order valence-electron chi connectivity index (χ1n) is 5.14. The zero-order valence-electron chi connectivity index (χ0n) is 8.12. The van der Waals surface area contributed by atoms with Gasteiger partial charge in [-0.2, -0.15) is 0 Å². The van der Waals surface area contributed by atoms with Crippen LogP contribution in [0.3, 0.4) is 0 Å². The number of nitrogens with zero attached hydrogens (tertiary/aromatic N) is 1. The van der Waals surface area contributed by atoms with Crippen molar-refractivity contribution in [1.82, 2.24) is 4.90 Å². The summed E-state index contributed by atoms with van der Waals surface area (Å²) in [5, 5.41) is 0. The predicted octanol–water partition coefficient (Wildman–Crippen LogP) is 1.65. The van der Waals surface area contributed by atoms with Crippen molar-refractivity contribution in [2.45, 2.75) is 51.3 Å². The lowest BCUT2D eigenvalue weighted by Crippen LogP contribution is -2.55. The van der Waals surface area contributed by atoms with Crippen LogP contribution in [0, 0.1) is 0 Å². The van der Waals surface area contributed by atoms with Crippen LogP contribution >= 0.6 is 0 Å². The van der Waals surface area contributed by atoms with Crippen LogP contribution in [0.5, 0.6) is 0 Å². The molecular formula is C10H19NO. The molecule has 3 atom stereocenters. The Bertz CT molecular complexity index is 146. The molecular weight excluding hydrogens is 150 g/mol. The number of hydrogen-bond acceptors (Lipinski definition) is 2. The summed E-state index contributed by atoms with van der Waals surface area (Å²) < 4.78 is 5.61. The molecule has 0 amide bonds. The molecule has 0 aromatic carbocycles. The fraction of sp³-hybridized carbons (Fsp3) is 1.00. The van der Waals surface area contributed by atoms with Crippen molar-refractivity contribution in [3.8, 4) is 0 Å². The molecule has 0 spiro atoms. The summed E-state index contributed by atoms with van der Waals surface area (Å²) in [6.07, 6.45) is 4.44. The lowest BCUT2D eigenvalue weighted by Gasteiger charge is -2.46. The molecule has 0 aromatic heterocycles. The van der Waals surface area contributed by atoms with E-state index >= 15 is 0 Å². The smallest absolute Gasteiger partial charge is 0.0703 e. The van der Waals surface area contributed by atoms with Crippen LogP contribution in [0.25, 0.3) is 0 Å². The summed E-state index contributed by atoms with van der Waals surface area (Å²) in [6.45, 7) is 6.79. The maximum Gasteiger partial charge on any atom is 0.0703 e. The van der Waals surface area contributed by atoms with Gasteiger partial charge in [-0.25, -0.2) is 0 Å². The summed E-state index contributed by atoms with van der Waals surface area (Å²) in [4.78, 5) is 2.57. The van der Waals surface area contributed by atoms with Gasteiger partial charge in [-0.3, -0.25) is 4.90 Å². The van der Waals surface area contributed by atoms with Crippen molar-refractivity contribution in [3.05, 3.63) is 0 Å². The van der Waals surface area contributed by atoms with Gasteiger partial charge in [0.05, 0.1) is 6.10 Å². The van der Waals surface area contributed by atoms with Crippen LogP contribution < -0.4 is 0 Å². The Hall–Kier alpha value is -0.0800. The van der Waals surface area contributed by atoms with Gasteiger partial charge in [-0.05, 0) is 33.1 Å². The predicted molar refractivity (Wildman–Crippen MR) is 49.2 cm³/mol. The van der Waals surface area contributed by atoms with E-state index in [0.717, 1.165) is 18.7 Å². The second-order valence-corrected chi connectivity index (χ2v) is 4.27. The first kappa shape index (κ1) is 8.52. The lowest BCUT2D eigenvalue weighted by molar-refractivity contribution is -0.0142. The van der Waals surface area contributed by atoms with E-state index in [0.29, 0.717) is 6.10 Å². The van der Waals surface area contributed by atoms with Crippen molar-refractivity contribution in [1.29, 1.82) is 0 Å². The normalized spacial score (nSPS) is 43.0. The quantitative estimate of drug-likeness (QED) is 0.623. The Kier molecular flexibility index (Phi) is 2.37. The van der Waals surface area contributed by atoms with E-state index < -0.39 is 0 Å². The maximum atomic E-state index is 5.61. The van der Waals surface area contributed by atoms with E-state index in [1.54, 1.807) is 0 Å². The average Bonchev–Trinajstić information content (AvgIpc) is 2.52. The van der Waals surface area contributed by atoms with Gasteiger partial charge in [0.25, 0.3) is 0 Å². The zero-order chi connectivity index (χ0) is 8.55. The largest absolute Gasteiger partial charge is 0.377 e. The Morgan fingerprint density at radius 3 is 2.58 bits per heavy atom. The molecule has 2 heteroatoms. The lowest BCUT2D eigenvalue weighted by atomic mass is 9.95. The second-order valence-electron chi connectivity index (χ2n) is 4.27. The van der Waals surface area contributed by atoms with Gasteiger partial charge < -0.3 is 4.74 Å². The first-order chi connectivity index (χ1) is 5.77. The molecule has 0 radical (unpaired) electrons. The highest BCUT2D eigenvalue weighted by molar-refractivity contribution is 4.88. The molecule has 2 rings (SSSR count). The fourth-order valence-corrected chi connectivity index (χ4v) is 2.44. The van der Waals surface area contributed by atoms with Gasteiger partial charge in [0.15, 0.2) is 0 Å². The molecule has 2 fully saturated rings. The monoisotopic (exact) mass is 169 g/mol. The minimum absolute atomic E-state index is 0.537. The van der Waals surface area contributed by atoms with Gasteiger partial charge in [0.2, 0.25) is 0 Å². The third-order valence-electron chi connectivity index (χ3n) is 3.25. The van der Waals surface area contributed by atoms with Crippen LogP contribution in [-0.4, -0.2) is 36.2 Å². The summed E-state index contributed by atoms with van der Waals surface area (Å²) in [7, 11) is 0. The third-order valence-corrected chi connectivity index (χ3v) is 3.25. The minimum atomic E-state index is 0.537. The molecule has 2 saturated heterocycles. The summed E-state index contributed by atoms with van der Waals surface area (Å²) in [5.74, 6) is 0. The van der Waals surface area contributed by atoms with E-state index in [-0.39, 0.29) is 0 Å². The van der Waals surface area contributed by atoms with Crippen molar-refractivity contribution in [2.24, 2.45) is 0 Å². The third kappa shape index (κ3) is 1.50. The fourth-order valence-electron chi connectivity index (χ4n) is 2.44. The maximum absolute atomic E-state index is 5.61. The van der Waals surface area contributed by atoms with Crippen LogP contribution in [0.15, 0.2) is 0 Å². The molecule has 12 heavy (non-hydrogen) atoms. The highest BCUT2D eigenvalue weighted by atomic mass is 16.5. The highest BCUT2D eigenvalue weighted by Gasteiger charge is 2.33. The molecule has 0 bridgehead atoms. The van der Waals surface area contributed by atoms with Crippen molar-refractivity contribution in [3.63, 3.8) is 0 Å². The molecule has 0 aromatic rings. The molecule has 0 N–H and O–H groups in total. The van der Waals surface area contributed by atoms with Gasteiger partial charge in [-0.1, -0.05) is 0 Å². The van der Waals surface area contributed by atoms with Gasteiger partial charge in [0, 0.05) is 25.2 Å². The standard InChI is InChI=1S/C10H19NO/c1-8-6-9(2)11(8)7-10-4-3-5-12-10/h8-10H,3-7H2,1-2H3. The number of rotatable bonds is 2. The van der Waals surface area contributed by atoms with Crippen LogP contribution in [-0.2, 0) is 4.74 Å². The molecule has 2 nitrogen and oxygen atoms in total. The minimum Gasteiger partial charge on any atom is -0.377 e. The topological polar surface area (TPSA) is 12.5 Å². The summed E-state index contributed by atoms with van der Waals surface area (Å²) >= 11 is 0. The molecule has 2 aliphatic rings. The van der Waals surface area contributed by atoms with Crippen molar-refractivity contribution < 1.29 is 4.74 Å². The Labute approximate surface area is 74.9 Å². The zero-order valence-corrected chi connectivity index (χ0v) is 8.12. The van der Waals surface area contributed by atoms with Crippen molar-refractivity contribution >= 4 is 0 Å². The highest BCUT2D eigenvalue weighted by Crippen LogP contribution is 2.26. The van der Waals surface area contributed by atoms with E-state index in [4.69, 9.17) is 4.74 Å². The number of hydrogen-bond donors (Lipinski definition) is 0. The van der Waals surface area contributed by atoms with Crippen LogP contribution in [0.4, 0.5) is 0 Å².